The molecule has 8 heteroatoms. The molecule has 0 saturated carbocycles. The summed E-state index contributed by atoms with van der Waals surface area (Å²) >= 11 is 7.09. The van der Waals surface area contributed by atoms with Crippen LogP contribution in [0.1, 0.15) is 10.6 Å². The summed E-state index contributed by atoms with van der Waals surface area (Å²) in [6.45, 7) is 1.94. The zero-order valence-electron chi connectivity index (χ0n) is 13.2. The van der Waals surface area contributed by atoms with Gasteiger partial charge in [0.25, 0.3) is 0 Å². The van der Waals surface area contributed by atoms with Gasteiger partial charge in [0.1, 0.15) is 10.8 Å². The van der Waals surface area contributed by atoms with Crippen LogP contribution in [0.4, 0.5) is 4.39 Å². The predicted octanol–water partition coefficient (Wildman–Crippen LogP) is 4.39. The number of aromatic nitrogens is 1. The quantitative estimate of drug-likeness (QED) is 0.695. The van der Waals surface area contributed by atoms with E-state index >= 15 is 0 Å². The molecule has 25 heavy (non-hydrogen) atoms. The monoisotopic (exact) mass is 396 g/mol. The zero-order valence-corrected chi connectivity index (χ0v) is 15.6. The summed E-state index contributed by atoms with van der Waals surface area (Å²) in [6.07, 6.45) is 0. The van der Waals surface area contributed by atoms with Gasteiger partial charge >= 0.3 is 0 Å². The summed E-state index contributed by atoms with van der Waals surface area (Å²) in [5.74, 6) is -0.661. The van der Waals surface area contributed by atoms with Crippen LogP contribution in [0.15, 0.2) is 53.4 Å². The van der Waals surface area contributed by atoms with E-state index in [1.165, 1.54) is 17.4 Å². The number of nitrogens with zero attached hydrogens (tertiary/aromatic N) is 1. The third kappa shape index (κ3) is 4.07. The molecule has 0 aliphatic carbocycles. The maximum Gasteiger partial charge on any atom is 0.240 e. The summed E-state index contributed by atoms with van der Waals surface area (Å²) in [5, 5.41) is 0.598. The van der Waals surface area contributed by atoms with Crippen molar-refractivity contribution >= 4 is 33.0 Å². The Morgan fingerprint density at radius 2 is 1.92 bits per heavy atom. The van der Waals surface area contributed by atoms with Crippen LogP contribution in [0, 0.1) is 12.7 Å². The molecule has 0 saturated heterocycles. The summed E-state index contributed by atoms with van der Waals surface area (Å²) in [6, 6.07) is 13.0. The fraction of sp³-hybridized carbons (Fsp3) is 0.118. The number of thiazole rings is 1. The molecule has 3 rings (SSSR count). The van der Waals surface area contributed by atoms with E-state index in [1.807, 2.05) is 37.3 Å². The average Bonchev–Trinajstić information content (AvgIpc) is 2.97. The molecule has 0 radical (unpaired) electrons. The molecular weight excluding hydrogens is 383 g/mol. The summed E-state index contributed by atoms with van der Waals surface area (Å²) in [5.41, 5.74) is 1.75. The van der Waals surface area contributed by atoms with Crippen molar-refractivity contribution in [2.45, 2.75) is 18.4 Å². The Kier molecular flexibility index (Phi) is 5.19. The molecular formula is C17H14ClFN2O2S2. The highest BCUT2D eigenvalue weighted by molar-refractivity contribution is 7.89. The molecule has 0 aliphatic rings. The van der Waals surface area contributed by atoms with E-state index in [4.69, 9.17) is 11.6 Å². The molecule has 3 aromatic rings. The van der Waals surface area contributed by atoms with Crippen molar-refractivity contribution in [2.24, 2.45) is 0 Å². The van der Waals surface area contributed by atoms with Gasteiger partial charge in [-0.15, -0.1) is 11.3 Å². The van der Waals surface area contributed by atoms with E-state index in [9.17, 15) is 12.8 Å². The first-order chi connectivity index (χ1) is 11.9. The van der Waals surface area contributed by atoms with Crippen LogP contribution in [-0.2, 0) is 16.6 Å². The van der Waals surface area contributed by atoms with Crippen molar-refractivity contribution in [1.82, 2.24) is 9.71 Å². The number of hydrogen-bond acceptors (Lipinski definition) is 4. The standard InChI is InChI=1S/C17H14ClFN2O2S2/c1-11-16(24-17(21-11)12-5-3-2-4-6-12)10-20-25(22,23)13-7-8-15(19)14(18)9-13/h2-9,20H,10H2,1H3. The first-order valence-electron chi connectivity index (χ1n) is 7.33. The molecule has 1 heterocycles. The summed E-state index contributed by atoms with van der Waals surface area (Å²) in [4.78, 5) is 5.23. The predicted molar refractivity (Wildman–Crippen MR) is 97.7 cm³/mol. The minimum absolute atomic E-state index is 0.0793. The minimum Gasteiger partial charge on any atom is -0.241 e. The Balaban J connectivity index is 1.79. The lowest BCUT2D eigenvalue weighted by atomic mass is 10.2. The lowest BCUT2D eigenvalue weighted by molar-refractivity contribution is 0.580. The normalized spacial score (nSPS) is 11.6. The number of nitrogens with one attached hydrogen (secondary N) is 1. The van der Waals surface area contributed by atoms with Gasteiger partial charge in [-0.05, 0) is 25.1 Å². The highest BCUT2D eigenvalue weighted by Crippen LogP contribution is 2.28. The van der Waals surface area contributed by atoms with Gasteiger partial charge in [0.15, 0.2) is 0 Å². The molecule has 0 bridgehead atoms. The van der Waals surface area contributed by atoms with Crippen LogP contribution in [0.25, 0.3) is 10.6 Å². The molecule has 1 N–H and O–H groups in total. The van der Waals surface area contributed by atoms with Crippen LogP contribution >= 0.6 is 22.9 Å². The molecule has 4 nitrogen and oxygen atoms in total. The second-order valence-electron chi connectivity index (χ2n) is 5.29. The fourth-order valence-electron chi connectivity index (χ4n) is 2.18. The molecule has 0 atom stereocenters. The van der Waals surface area contributed by atoms with Crippen LogP contribution in [0.2, 0.25) is 5.02 Å². The van der Waals surface area contributed by atoms with Crippen molar-refractivity contribution in [3.8, 4) is 10.6 Å². The van der Waals surface area contributed by atoms with Gasteiger partial charge in [0, 0.05) is 17.0 Å². The number of benzene rings is 2. The van der Waals surface area contributed by atoms with Crippen molar-refractivity contribution in [1.29, 1.82) is 0 Å². The van der Waals surface area contributed by atoms with Crippen molar-refractivity contribution in [2.75, 3.05) is 0 Å². The highest BCUT2D eigenvalue weighted by Gasteiger charge is 2.17. The first kappa shape index (κ1) is 18.0. The van der Waals surface area contributed by atoms with E-state index in [0.29, 0.717) is 0 Å². The van der Waals surface area contributed by atoms with Crippen LogP contribution < -0.4 is 4.72 Å². The van der Waals surface area contributed by atoms with E-state index in [2.05, 4.69) is 9.71 Å². The van der Waals surface area contributed by atoms with Crippen molar-refractivity contribution in [3.63, 3.8) is 0 Å². The van der Waals surface area contributed by atoms with Gasteiger partial charge in [0.05, 0.1) is 15.6 Å². The van der Waals surface area contributed by atoms with E-state index in [-0.39, 0.29) is 16.5 Å². The largest absolute Gasteiger partial charge is 0.241 e. The summed E-state index contributed by atoms with van der Waals surface area (Å²) in [7, 11) is -3.79. The Labute approximate surface area is 154 Å². The van der Waals surface area contributed by atoms with Crippen LogP contribution in [-0.4, -0.2) is 13.4 Å². The molecule has 0 fully saturated rings. The van der Waals surface area contributed by atoms with Crippen molar-refractivity contribution in [3.05, 3.63) is 69.9 Å². The molecule has 2 aromatic carbocycles. The maximum atomic E-state index is 13.2. The third-order valence-corrected chi connectivity index (χ3v) is 6.43. The Morgan fingerprint density at radius 1 is 1.20 bits per heavy atom. The number of hydrogen-bond donors (Lipinski definition) is 1. The Bertz CT molecular complexity index is 1000. The molecule has 0 aliphatic heterocycles. The minimum atomic E-state index is -3.79. The van der Waals surface area contributed by atoms with Gasteiger partial charge in [-0.3, -0.25) is 0 Å². The molecule has 0 unspecified atom stereocenters. The van der Waals surface area contributed by atoms with E-state index < -0.39 is 15.8 Å². The SMILES string of the molecule is Cc1nc(-c2ccccc2)sc1CNS(=O)(=O)c1ccc(F)c(Cl)c1. The topological polar surface area (TPSA) is 59.1 Å². The maximum absolute atomic E-state index is 13.2. The number of sulfonamides is 1. The van der Waals surface area contributed by atoms with Gasteiger partial charge < -0.3 is 0 Å². The van der Waals surface area contributed by atoms with E-state index in [1.54, 1.807) is 0 Å². The van der Waals surface area contributed by atoms with Gasteiger partial charge in [-0.25, -0.2) is 22.5 Å². The first-order valence-corrected chi connectivity index (χ1v) is 10.0. The van der Waals surface area contributed by atoms with Crippen molar-refractivity contribution < 1.29 is 12.8 Å². The number of rotatable bonds is 5. The average molecular weight is 397 g/mol. The lowest BCUT2D eigenvalue weighted by Gasteiger charge is -2.06. The van der Waals surface area contributed by atoms with E-state index in [0.717, 1.165) is 33.3 Å². The fourth-order valence-corrected chi connectivity index (χ4v) is 4.55. The number of aryl methyl sites for hydroxylation is 1. The molecule has 130 valence electrons. The van der Waals surface area contributed by atoms with Gasteiger partial charge in [0.2, 0.25) is 10.0 Å². The zero-order chi connectivity index (χ0) is 18.0. The third-order valence-electron chi connectivity index (χ3n) is 3.54. The van der Waals surface area contributed by atoms with Crippen LogP contribution in [0.5, 0.6) is 0 Å². The highest BCUT2D eigenvalue weighted by atomic mass is 35.5. The lowest BCUT2D eigenvalue weighted by Crippen LogP contribution is -2.23. The molecule has 0 amide bonds. The van der Waals surface area contributed by atoms with Crippen LogP contribution in [0.3, 0.4) is 0 Å². The molecule has 0 spiro atoms. The molecule has 1 aromatic heterocycles. The Morgan fingerprint density at radius 3 is 2.60 bits per heavy atom. The summed E-state index contributed by atoms with van der Waals surface area (Å²) < 4.78 is 40.4. The smallest absolute Gasteiger partial charge is 0.240 e. The Hall–Kier alpha value is -1.80. The second-order valence-corrected chi connectivity index (χ2v) is 8.55. The second kappa shape index (κ2) is 7.21. The number of halogens is 2. The van der Waals surface area contributed by atoms with Gasteiger partial charge in [-0.2, -0.15) is 0 Å². The van der Waals surface area contributed by atoms with Gasteiger partial charge in [-0.1, -0.05) is 41.9 Å².